The van der Waals surface area contributed by atoms with E-state index in [2.05, 4.69) is 91.8 Å². The van der Waals surface area contributed by atoms with Crippen molar-refractivity contribution in [3.05, 3.63) is 117 Å². The van der Waals surface area contributed by atoms with Crippen LogP contribution in [0, 0.1) is 10.8 Å². The summed E-state index contributed by atoms with van der Waals surface area (Å²) in [6.45, 7) is 22.3. The fraction of sp³-hybridized carbons (Fsp3) is 0.500. The molecule has 0 aromatic heterocycles. The molecule has 2 heteroatoms. The zero-order valence-corrected chi connectivity index (χ0v) is 28.5. The van der Waals surface area contributed by atoms with Crippen molar-refractivity contribution in [3.63, 3.8) is 0 Å². The highest BCUT2D eigenvalue weighted by Gasteiger charge is 2.27. The number of rotatable bonds is 10. The first kappa shape index (κ1) is 37.3. The van der Waals surface area contributed by atoms with Crippen LogP contribution in [0.15, 0.2) is 117 Å². The predicted octanol–water partition coefficient (Wildman–Crippen LogP) is 11.0. The molecule has 0 spiro atoms. The van der Waals surface area contributed by atoms with Crippen LogP contribution in [-0.2, 0) is 0 Å². The average molecular weight is 573 g/mol. The Kier molecular flexibility index (Phi) is 16.7. The molecule has 0 aromatic rings. The second-order valence-electron chi connectivity index (χ2n) is 13.3. The van der Waals surface area contributed by atoms with Crippen molar-refractivity contribution in [3.8, 4) is 0 Å². The molecule has 0 unspecified atom stereocenters. The number of hydrogen-bond acceptors (Lipinski definition) is 2. The minimum Gasteiger partial charge on any atom is -0.392 e. The van der Waals surface area contributed by atoms with E-state index >= 15 is 0 Å². The molecule has 2 aliphatic rings. The Morgan fingerprint density at radius 3 is 1.26 bits per heavy atom. The zero-order chi connectivity index (χ0) is 31.8. The van der Waals surface area contributed by atoms with Crippen LogP contribution < -0.4 is 0 Å². The van der Waals surface area contributed by atoms with Gasteiger partial charge in [-0.25, -0.2) is 0 Å². The largest absolute Gasteiger partial charge is 0.392 e. The van der Waals surface area contributed by atoms with E-state index < -0.39 is 0 Å². The van der Waals surface area contributed by atoms with Crippen molar-refractivity contribution in [1.82, 2.24) is 0 Å². The molecule has 0 aromatic carbocycles. The second kappa shape index (κ2) is 18.8. The molecule has 2 rings (SSSR count). The van der Waals surface area contributed by atoms with E-state index in [0.29, 0.717) is 10.8 Å². The number of allylic oxidation sites excluding steroid dienone is 18. The molecule has 0 fully saturated rings. The molecular weight excluding hydrogens is 512 g/mol. The summed E-state index contributed by atoms with van der Waals surface area (Å²) in [5.41, 5.74) is 11.3. The minimum absolute atomic E-state index is 0.0985. The van der Waals surface area contributed by atoms with E-state index in [1.807, 2.05) is 38.2 Å². The van der Waals surface area contributed by atoms with Crippen molar-refractivity contribution in [1.29, 1.82) is 0 Å². The lowest BCUT2D eigenvalue weighted by Gasteiger charge is -2.33. The van der Waals surface area contributed by atoms with E-state index in [0.717, 1.165) is 11.1 Å². The molecule has 0 atom stereocenters. The van der Waals surface area contributed by atoms with Crippen LogP contribution in [0.4, 0.5) is 0 Å². The van der Waals surface area contributed by atoms with Crippen LogP contribution in [0.1, 0.15) is 108 Å². The summed E-state index contributed by atoms with van der Waals surface area (Å²) in [4.78, 5) is 0. The summed E-state index contributed by atoms with van der Waals surface area (Å²) in [5.74, 6) is 0. The summed E-state index contributed by atoms with van der Waals surface area (Å²) < 4.78 is 0. The maximum absolute atomic E-state index is 8.81. The lowest BCUT2D eigenvalue weighted by Crippen LogP contribution is -2.19. The molecule has 0 heterocycles. The fourth-order valence-corrected chi connectivity index (χ4v) is 5.69. The zero-order valence-electron chi connectivity index (χ0n) is 28.5. The maximum Gasteiger partial charge on any atom is 0.0617 e. The van der Waals surface area contributed by atoms with Crippen LogP contribution >= 0.6 is 0 Å². The minimum atomic E-state index is 0.0985. The van der Waals surface area contributed by atoms with Crippen LogP contribution in [0.3, 0.4) is 0 Å². The Hall–Kier alpha value is -2.68. The van der Waals surface area contributed by atoms with E-state index in [4.69, 9.17) is 10.2 Å². The number of aliphatic hydroxyl groups excluding tert-OH is 2. The van der Waals surface area contributed by atoms with E-state index in [1.165, 1.54) is 72.0 Å². The van der Waals surface area contributed by atoms with Gasteiger partial charge in [-0.1, -0.05) is 134 Å². The van der Waals surface area contributed by atoms with Gasteiger partial charge in [0.25, 0.3) is 0 Å². The van der Waals surface area contributed by atoms with Gasteiger partial charge in [0.1, 0.15) is 0 Å². The van der Waals surface area contributed by atoms with Gasteiger partial charge in [-0.2, -0.15) is 0 Å². The van der Waals surface area contributed by atoms with Crippen molar-refractivity contribution in [2.45, 2.75) is 108 Å². The second-order valence-corrected chi connectivity index (χ2v) is 13.3. The fourth-order valence-electron chi connectivity index (χ4n) is 5.69. The monoisotopic (exact) mass is 572 g/mol. The Balaban J connectivity index is 0.000000420. The molecule has 0 amide bonds. The lowest BCUT2D eigenvalue weighted by atomic mass is 9.72. The molecule has 0 saturated heterocycles. The topological polar surface area (TPSA) is 40.5 Å². The Morgan fingerprint density at radius 2 is 0.952 bits per heavy atom. The standard InChI is InChI=1S/2C20H30O/c2*1-16(8-6-9-17(2)13-15-21)11-12-19-18(3)10-7-14-20(19,4)5/h2*6,8-9,11-13,21H,7,10,14-15H2,1-5H3/b9-6+,12-11+,16-8+,17-13+;9-6+,12-11+,16-8-,17-13+. The van der Waals surface area contributed by atoms with Gasteiger partial charge in [0, 0.05) is 0 Å². The van der Waals surface area contributed by atoms with Crippen LogP contribution in [0.5, 0.6) is 0 Å². The maximum atomic E-state index is 8.81. The van der Waals surface area contributed by atoms with Crippen molar-refractivity contribution in [2.75, 3.05) is 13.2 Å². The highest BCUT2D eigenvalue weighted by atomic mass is 16.3. The molecule has 42 heavy (non-hydrogen) atoms. The third-order valence-electron chi connectivity index (χ3n) is 8.37. The Labute approximate surface area is 259 Å². The summed E-state index contributed by atoms with van der Waals surface area (Å²) in [7, 11) is 0. The van der Waals surface area contributed by atoms with Gasteiger partial charge < -0.3 is 10.2 Å². The van der Waals surface area contributed by atoms with E-state index in [-0.39, 0.29) is 13.2 Å². The van der Waals surface area contributed by atoms with Gasteiger partial charge >= 0.3 is 0 Å². The number of aliphatic hydroxyl groups is 2. The lowest BCUT2D eigenvalue weighted by molar-refractivity contribution is 0.341. The molecule has 0 radical (unpaired) electrons. The third-order valence-corrected chi connectivity index (χ3v) is 8.37. The smallest absolute Gasteiger partial charge is 0.0617 e. The van der Waals surface area contributed by atoms with Gasteiger partial charge in [-0.3, -0.25) is 0 Å². The number of hydrogen-bond donors (Lipinski definition) is 2. The Morgan fingerprint density at radius 1 is 0.595 bits per heavy atom. The highest BCUT2D eigenvalue weighted by Crippen LogP contribution is 2.41. The normalized spacial score (nSPS) is 20.9. The first-order chi connectivity index (χ1) is 19.7. The molecule has 2 N–H and O–H groups in total. The van der Waals surface area contributed by atoms with Gasteiger partial charge in [0.05, 0.1) is 13.2 Å². The molecule has 2 nitrogen and oxygen atoms in total. The Bertz CT molecular complexity index is 1090. The summed E-state index contributed by atoms with van der Waals surface area (Å²) in [5, 5.41) is 17.6. The molecule has 0 bridgehead atoms. The van der Waals surface area contributed by atoms with Gasteiger partial charge in [0.2, 0.25) is 0 Å². The molecule has 232 valence electrons. The molecule has 2 aliphatic carbocycles. The predicted molar refractivity (Wildman–Crippen MR) is 186 cm³/mol. The van der Waals surface area contributed by atoms with E-state index in [9.17, 15) is 0 Å². The van der Waals surface area contributed by atoms with Crippen LogP contribution in [0.2, 0.25) is 0 Å². The molecule has 0 aliphatic heterocycles. The van der Waals surface area contributed by atoms with Gasteiger partial charge in [-0.05, 0) is 102 Å². The van der Waals surface area contributed by atoms with Crippen LogP contribution in [0.25, 0.3) is 0 Å². The third kappa shape index (κ3) is 14.0. The SMILES string of the molecule is CC1=C(/C=C/C(C)=C/C=C/C(C)=C/CO)C(C)(C)CCC1.CC1=C(/C=C/C(C)=C\C=C\C(C)=C\CO)C(C)(C)CCC1. The summed E-state index contributed by atoms with van der Waals surface area (Å²) in [6, 6.07) is 0. The van der Waals surface area contributed by atoms with Gasteiger partial charge in [0.15, 0.2) is 0 Å². The highest BCUT2D eigenvalue weighted by molar-refractivity contribution is 5.38. The van der Waals surface area contributed by atoms with Gasteiger partial charge in [-0.15, -0.1) is 0 Å². The van der Waals surface area contributed by atoms with Crippen molar-refractivity contribution < 1.29 is 10.2 Å². The van der Waals surface area contributed by atoms with Crippen molar-refractivity contribution >= 4 is 0 Å². The van der Waals surface area contributed by atoms with Crippen molar-refractivity contribution in [2.24, 2.45) is 10.8 Å². The summed E-state index contributed by atoms with van der Waals surface area (Å²) in [6.07, 6.45) is 32.6. The first-order valence-corrected chi connectivity index (χ1v) is 15.7. The average Bonchev–Trinajstić information content (AvgIpc) is 2.88. The molecule has 0 saturated carbocycles. The quantitative estimate of drug-likeness (QED) is 0.256. The van der Waals surface area contributed by atoms with Crippen LogP contribution in [-0.4, -0.2) is 23.4 Å². The summed E-state index contributed by atoms with van der Waals surface area (Å²) >= 11 is 0. The first-order valence-electron chi connectivity index (χ1n) is 15.7. The van der Waals surface area contributed by atoms with E-state index in [1.54, 1.807) is 12.2 Å². The molecular formula is C40H60O2.